The maximum atomic E-state index is 5.42. The molecular formula is C15H26N4O. The lowest BCUT2D eigenvalue weighted by Crippen LogP contribution is -2.37. The standard InChI is InChI=1S/C15H26N4O/c1-11(2)15-17-10-14(19-5-7-20-8-6-19)13(18-15)9-16-12(3)4/h10-12,16H,5-9H2,1-4H3. The average molecular weight is 278 g/mol. The zero-order valence-electron chi connectivity index (χ0n) is 13.0. The van der Waals surface area contributed by atoms with E-state index in [-0.39, 0.29) is 0 Å². The van der Waals surface area contributed by atoms with Crippen LogP contribution in [0.25, 0.3) is 0 Å². The highest BCUT2D eigenvalue weighted by Gasteiger charge is 2.17. The first kappa shape index (κ1) is 15.2. The molecule has 112 valence electrons. The van der Waals surface area contributed by atoms with Gasteiger partial charge in [-0.25, -0.2) is 9.97 Å². The van der Waals surface area contributed by atoms with Crippen molar-refractivity contribution in [1.82, 2.24) is 15.3 Å². The van der Waals surface area contributed by atoms with Crippen LogP contribution in [0.2, 0.25) is 0 Å². The maximum Gasteiger partial charge on any atom is 0.131 e. The first-order chi connectivity index (χ1) is 9.58. The summed E-state index contributed by atoms with van der Waals surface area (Å²) in [6.45, 7) is 12.7. The van der Waals surface area contributed by atoms with Crippen molar-refractivity contribution in [3.8, 4) is 0 Å². The molecule has 2 rings (SSSR count). The number of nitrogens with one attached hydrogen (secondary N) is 1. The third kappa shape index (κ3) is 3.90. The van der Waals surface area contributed by atoms with Gasteiger partial charge in [-0.05, 0) is 0 Å². The number of hydrogen-bond acceptors (Lipinski definition) is 5. The lowest BCUT2D eigenvalue weighted by Gasteiger charge is -2.30. The summed E-state index contributed by atoms with van der Waals surface area (Å²) in [5.74, 6) is 1.27. The molecule has 5 heteroatoms. The minimum absolute atomic E-state index is 0.353. The van der Waals surface area contributed by atoms with Gasteiger partial charge in [-0.3, -0.25) is 0 Å². The number of nitrogens with zero attached hydrogens (tertiary/aromatic N) is 3. The second kappa shape index (κ2) is 6.99. The molecule has 0 atom stereocenters. The first-order valence-corrected chi connectivity index (χ1v) is 7.49. The van der Waals surface area contributed by atoms with Crippen LogP contribution in [0, 0.1) is 0 Å². The van der Waals surface area contributed by atoms with Crippen LogP contribution in [0.5, 0.6) is 0 Å². The van der Waals surface area contributed by atoms with E-state index in [1.807, 2.05) is 6.20 Å². The van der Waals surface area contributed by atoms with Gasteiger partial charge in [0.05, 0.1) is 30.8 Å². The summed E-state index contributed by atoms with van der Waals surface area (Å²) >= 11 is 0. The largest absolute Gasteiger partial charge is 0.378 e. The zero-order chi connectivity index (χ0) is 14.5. The molecule has 0 aromatic carbocycles. The lowest BCUT2D eigenvalue weighted by molar-refractivity contribution is 0.122. The topological polar surface area (TPSA) is 50.3 Å². The zero-order valence-corrected chi connectivity index (χ0v) is 13.0. The molecule has 0 radical (unpaired) electrons. The van der Waals surface area contributed by atoms with Crippen LogP contribution >= 0.6 is 0 Å². The molecule has 0 spiro atoms. The fourth-order valence-electron chi connectivity index (χ4n) is 2.20. The van der Waals surface area contributed by atoms with E-state index >= 15 is 0 Å². The molecular weight excluding hydrogens is 252 g/mol. The van der Waals surface area contributed by atoms with Gasteiger partial charge in [0, 0.05) is 31.6 Å². The Morgan fingerprint density at radius 1 is 1.25 bits per heavy atom. The third-order valence-corrected chi connectivity index (χ3v) is 3.41. The monoisotopic (exact) mass is 278 g/mol. The Kier molecular flexibility index (Phi) is 5.31. The van der Waals surface area contributed by atoms with Crippen LogP contribution < -0.4 is 10.2 Å². The molecule has 1 fully saturated rings. The Morgan fingerprint density at radius 2 is 1.95 bits per heavy atom. The molecule has 1 saturated heterocycles. The summed E-state index contributed by atoms with van der Waals surface area (Å²) in [7, 11) is 0. The Bertz CT molecular complexity index is 428. The molecule has 0 amide bonds. The number of hydrogen-bond donors (Lipinski definition) is 1. The van der Waals surface area contributed by atoms with Gasteiger partial charge in [0.25, 0.3) is 0 Å². The van der Waals surface area contributed by atoms with Gasteiger partial charge >= 0.3 is 0 Å². The Labute approximate surface area is 121 Å². The van der Waals surface area contributed by atoms with E-state index in [0.717, 1.165) is 50.1 Å². The third-order valence-electron chi connectivity index (χ3n) is 3.41. The molecule has 0 unspecified atom stereocenters. The number of morpholine rings is 1. The van der Waals surface area contributed by atoms with Crippen molar-refractivity contribution in [2.75, 3.05) is 31.2 Å². The molecule has 1 aliphatic heterocycles. The van der Waals surface area contributed by atoms with Crippen molar-refractivity contribution in [2.24, 2.45) is 0 Å². The van der Waals surface area contributed by atoms with Crippen LogP contribution in [0.3, 0.4) is 0 Å². The SMILES string of the molecule is CC(C)NCc1nc(C(C)C)ncc1N1CCOCC1. The molecule has 1 aromatic rings. The normalized spacial score (nSPS) is 16.2. The molecule has 1 aromatic heterocycles. The van der Waals surface area contributed by atoms with Gasteiger partial charge in [0.15, 0.2) is 0 Å². The van der Waals surface area contributed by atoms with Gasteiger partial charge in [0.2, 0.25) is 0 Å². The van der Waals surface area contributed by atoms with Crippen molar-refractivity contribution in [2.45, 2.75) is 46.2 Å². The second-order valence-electron chi connectivity index (χ2n) is 5.85. The smallest absolute Gasteiger partial charge is 0.131 e. The van der Waals surface area contributed by atoms with E-state index in [2.05, 4.69) is 42.9 Å². The number of aromatic nitrogens is 2. The molecule has 2 heterocycles. The van der Waals surface area contributed by atoms with Gasteiger partial charge in [-0.1, -0.05) is 27.7 Å². The van der Waals surface area contributed by atoms with Crippen molar-refractivity contribution in [1.29, 1.82) is 0 Å². The van der Waals surface area contributed by atoms with Crippen LogP contribution in [0.15, 0.2) is 6.20 Å². The predicted octanol–water partition coefficient (Wildman–Crippen LogP) is 1.93. The number of rotatable bonds is 5. The molecule has 5 nitrogen and oxygen atoms in total. The van der Waals surface area contributed by atoms with Gasteiger partial charge in [-0.2, -0.15) is 0 Å². The summed E-state index contributed by atoms with van der Waals surface area (Å²) in [5, 5.41) is 3.46. The molecule has 0 aliphatic carbocycles. The quantitative estimate of drug-likeness (QED) is 0.892. The van der Waals surface area contributed by atoms with Crippen LogP contribution in [0.1, 0.15) is 45.1 Å². The summed E-state index contributed by atoms with van der Waals surface area (Å²) < 4.78 is 5.42. The average Bonchev–Trinajstić information content (AvgIpc) is 2.45. The summed E-state index contributed by atoms with van der Waals surface area (Å²) in [6, 6.07) is 0.449. The Hall–Kier alpha value is -1.20. The lowest BCUT2D eigenvalue weighted by atomic mass is 10.2. The molecule has 0 bridgehead atoms. The summed E-state index contributed by atoms with van der Waals surface area (Å²) in [5.41, 5.74) is 2.24. The van der Waals surface area contributed by atoms with Gasteiger partial charge in [0.1, 0.15) is 5.82 Å². The highest BCUT2D eigenvalue weighted by atomic mass is 16.5. The van der Waals surface area contributed by atoms with Crippen LogP contribution in [-0.4, -0.2) is 42.3 Å². The fourth-order valence-corrected chi connectivity index (χ4v) is 2.20. The van der Waals surface area contributed by atoms with E-state index in [1.165, 1.54) is 0 Å². The molecule has 1 aliphatic rings. The first-order valence-electron chi connectivity index (χ1n) is 7.49. The fraction of sp³-hybridized carbons (Fsp3) is 0.733. The number of ether oxygens (including phenoxy) is 1. The van der Waals surface area contributed by atoms with Gasteiger partial charge < -0.3 is 15.0 Å². The number of anilines is 1. The van der Waals surface area contributed by atoms with Crippen molar-refractivity contribution < 1.29 is 4.74 Å². The highest BCUT2D eigenvalue weighted by molar-refractivity contribution is 5.49. The summed E-state index contributed by atoms with van der Waals surface area (Å²) in [6.07, 6.45) is 1.98. The van der Waals surface area contributed by atoms with E-state index < -0.39 is 0 Å². The Balaban J connectivity index is 2.23. The minimum Gasteiger partial charge on any atom is -0.378 e. The van der Waals surface area contributed by atoms with Crippen molar-refractivity contribution >= 4 is 5.69 Å². The van der Waals surface area contributed by atoms with Crippen molar-refractivity contribution in [3.63, 3.8) is 0 Å². The van der Waals surface area contributed by atoms with E-state index in [9.17, 15) is 0 Å². The van der Waals surface area contributed by atoms with Gasteiger partial charge in [-0.15, -0.1) is 0 Å². The van der Waals surface area contributed by atoms with Crippen LogP contribution in [-0.2, 0) is 11.3 Å². The van der Waals surface area contributed by atoms with Crippen molar-refractivity contribution in [3.05, 3.63) is 17.7 Å². The van der Waals surface area contributed by atoms with E-state index in [1.54, 1.807) is 0 Å². The van der Waals surface area contributed by atoms with E-state index in [0.29, 0.717) is 12.0 Å². The molecule has 0 saturated carbocycles. The maximum absolute atomic E-state index is 5.42. The van der Waals surface area contributed by atoms with E-state index in [4.69, 9.17) is 9.72 Å². The highest BCUT2D eigenvalue weighted by Crippen LogP contribution is 2.21. The molecule has 20 heavy (non-hydrogen) atoms. The molecule has 1 N–H and O–H groups in total. The predicted molar refractivity (Wildman–Crippen MR) is 81.1 cm³/mol. The second-order valence-corrected chi connectivity index (χ2v) is 5.85. The Morgan fingerprint density at radius 3 is 2.55 bits per heavy atom. The minimum atomic E-state index is 0.353. The summed E-state index contributed by atoms with van der Waals surface area (Å²) in [4.78, 5) is 11.6. The van der Waals surface area contributed by atoms with Crippen LogP contribution in [0.4, 0.5) is 5.69 Å².